The van der Waals surface area contributed by atoms with Gasteiger partial charge in [0.05, 0.1) is 23.4 Å². The Hall–Kier alpha value is -4.31. The van der Waals surface area contributed by atoms with E-state index in [1.165, 1.54) is 4.90 Å². The molecule has 0 radical (unpaired) electrons. The van der Waals surface area contributed by atoms with Crippen LogP contribution in [0.1, 0.15) is 64.5 Å². The number of anilines is 3. The molecule has 0 aliphatic heterocycles. The molecule has 3 atom stereocenters. The molecule has 0 spiro atoms. The minimum absolute atomic E-state index is 0.0148. The van der Waals surface area contributed by atoms with Crippen LogP contribution in [0, 0.1) is 29.1 Å². The number of benzene rings is 1. The number of hydrogen-bond acceptors (Lipinski definition) is 8. The van der Waals surface area contributed by atoms with Gasteiger partial charge in [0.1, 0.15) is 17.5 Å². The fraction of sp³-hybridized carbons (Fsp3) is 0.483. The first-order chi connectivity index (χ1) is 18.5. The van der Waals surface area contributed by atoms with E-state index in [-0.39, 0.29) is 17.9 Å². The highest BCUT2D eigenvalue weighted by molar-refractivity contribution is 5.85. The molecular formula is C29H37N7O3. The van der Waals surface area contributed by atoms with Crippen LogP contribution in [0.2, 0.25) is 0 Å². The third-order valence-corrected chi connectivity index (χ3v) is 6.37. The average molecular weight is 532 g/mol. The number of aromatic nitrogens is 2. The number of carbonyl (C=O) groups is 2. The lowest BCUT2D eigenvalue weighted by Gasteiger charge is -2.31. The van der Waals surface area contributed by atoms with Gasteiger partial charge < -0.3 is 20.7 Å². The molecule has 10 heteroatoms. The average Bonchev–Trinajstić information content (AvgIpc) is 2.91. The Morgan fingerprint density at radius 1 is 1.21 bits per heavy atom. The summed E-state index contributed by atoms with van der Waals surface area (Å²) in [5.74, 6) is 7.47. The number of carbonyl (C=O) groups excluding carboxylic acids is 2. The second-order valence-electron chi connectivity index (χ2n) is 10.6. The van der Waals surface area contributed by atoms with Gasteiger partial charge >= 0.3 is 6.09 Å². The lowest BCUT2D eigenvalue weighted by molar-refractivity contribution is -0.126. The van der Waals surface area contributed by atoms with Crippen molar-refractivity contribution in [2.45, 2.75) is 71.1 Å². The SMILES string of the molecule is CNc1nc(Nc2ccc(C#N)cc2)ncc1C#CC1CCC[C@H](NC(=O)[C@H](C)N(C)C(=O)OC(C)(C)C)C1. The minimum atomic E-state index is -0.655. The lowest BCUT2D eigenvalue weighted by Crippen LogP contribution is -2.50. The first kappa shape index (κ1) is 29.2. The van der Waals surface area contributed by atoms with E-state index >= 15 is 0 Å². The summed E-state index contributed by atoms with van der Waals surface area (Å²) in [6.45, 7) is 7.07. The van der Waals surface area contributed by atoms with Crippen molar-refractivity contribution in [2.75, 3.05) is 24.7 Å². The second kappa shape index (κ2) is 13.0. The largest absolute Gasteiger partial charge is 0.444 e. The first-order valence-electron chi connectivity index (χ1n) is 13.1. The van der Waals surface area contributed by atoms with Gasteiger partial charge in [-0.05, 0) is 71.2 Å². The van der Waals surface area contributed by atoms with Gasteiger partial charge in [-0.15, -0.1) is 0 Å². The van der Waals surface area contributed by atoms with Crippen molar-refractivity contribution in [3.8, 4) is 17.9 Å². The van der Waals surface area contributed by atoms with E-state index in [0.717, 1.165) is 31.4 Å². The molecule has 1 fully saturated rings. The van der Waals surface area contributed by atoms with Crippen LogP contribution in [0.5, 0.6) is 0 Å². The van der Waals surface area contributed by atoms with Gasteiger partial charge in [-0.1, -0.05) is 18.3 Å². The van der Waals surface area contributed by atoms with Gasteiger partial charge in [-0.3, -0.25) is 9.69 Å². The van der Waals surface area contributed by atoms with E-state index < -0.39 is 17.7 Å². The fourth-order valence-corrected chi connectivity index (χ4v) is 4.10. The molecule has 0 saturated heterocycles. The van der Waals surface area contributed by atoms with Crippen molar-refractivity contribution in [2.24, 2.45) is 5.92 Å². The third-order valence-electron chi connectivity index (χ3n) is 6.37. The molecule has 1 saturated carbocycles. The van der Waals surface area contributed by atoms with E-state index in [2.05, 4.69) is 43.8 Å². The maximum absolute atomic E-state index is 12.8. The molecule has 3 rings (SSSR count). The number of amides is 2. The molecule has 1 aliphatic rings. The van der Waals surface area contributed by atoms with Crippen LogP contribution >= 0.6 is 0 Å². The highest BCUT2D eigenvalue weighted by Crippen LogP contribution is 2.25. The Morgan fingerprint density at radius 2 is 1.92 bits per heavy atom. The van der Waals surface area contributed by atoms with E-state index in [0.29, 0.717) is 22.9 Å². The maximum atomic E-state index is 12.8. The third kappa shape index (κ3) is 8.61. The van der Waals surface area contributed by atoms with Crippen LogP contribution in [0.4, 0.5) is 22.2 Å². The summed E-state index contributed by atoms with van der Waals surface area (Å²) in [7, 11) is 3.35. The molecule has 1 aliphatic carbocycles. The molecule has 39 heavy (non-hydrogen) atoms. The maximum Gasteiger partial charge on any atom is 0.410 e. The molecule has 1 unspecified atom stereocenters. The van der Waals surface area contributed by atoms with Crippen LogP contribution in [0.3, 0.4) is 0 Å². The van der Waals surface area contributed by atoms with Crippen LogP contribution in [-0.4, -0.2) is 58.6 Å². The zero-order chi connectivity index (χ0) is 28.6. The highest BCUT2D eigenvalue weighted by Gasteiger charge is 2.29. The fourth-order valence-electron chi connectivity index (χ4n) is 4.10. The van der Waals surface area contributed by atoms with E-state index in [9.17, 15) is 9.59 Å². The highest BCUT2D eigenvalue weighted by atomic mass is 16.6. The second-order valence-corrected chi connectivity index (χ2v) is 10.6. The topological polar surface area (TPSA) is 132 Å². The molecule has 0 bridgehead atoms. The molecule has 1 aromatic heterocycles. The van der Waals surface area contributed by atoms with E-state index in [1.54, 1.807) is 72.3 Å². The number of nitrogens with one attached hydrogen (secondary N) is 3. The monoisotopic (exact) mass is 531 g/mol. The summed E-state index contributed by atoms with van der Waals surface area (Å²) in [5.41, 5.74) is 1.41. The molecule has 2 aromatic rings. The Kier molecular flexibility index (Phi) is 9.73. The van der Waals surface area contributed by atoms with Crippen molar-refractivity contribution < 1.29 is 14.3 Å². The van der Waals surface area contributed by atoms with Gasteiger partial charge in [0, 0.05) is 31.7 Å². The Bertz CT molecular complexity index is 1270. The predicted octanol–water partition coefficient (Wildman–Crippen LogP) is 4.42. The molecular weight excluding hydrogens is 494 g/mol. The van der Waals surface area contributed by atoms with Crippen LogP contribution in [-0.2, 0) is 9.53 Å². The summed E-state index contributed by atoms with van der Waals surface area (Å²) in [6.07, 6.45) is 4.64. The van der Waals surface area contributed by atoms with Gasteiger partial charge in [0.2, 0.25) is 11.9 Å². The zero-order valence-corrected chi connectivity index (χ0v) is 23.5. The predicted molar refractivity (Wildman–Crippen MR) is 150 cm³/mol. The van der Waals surface area contributed by atoms with Crippen LogP contribution in [0.25, 0.3) is 0 Å². The normalized spacial score (nSPS) is 17.5. The van der Waals surface area contributed by atoms with Crippen LogP contribution < -0.4 is 16.0 Å². The van der Waals surface area contributed by atoms with Crippen LogP contribution in [0.15, 0.2) is 30.5 Å². The van der Waals surface area contributed by atoms with Gasteiger partial charge in [0.15, 0.2) is 0 Å². The van der Waals surface area contributed by atoms with Crippen molar-refractivity contribution >= 4 is 29.5 Å². The summed E-state index contributed by atoms with van der Waals surface area (Å²) in [5, 5.41) is 18.2. The van der Waals surface area contributed by atoms with E-state index in [4.69, 9.17) is 10.00 Å². The summed E-state index contributed by atoms with van der Waals surface area (Å²) >= 11 is 0. The number of nitriles is 1. The molecule has 2 amide bonds. The van der Waals surface area contributed by atoms with E-state index in [1.807, 2.05) is 0 Å². The van der Waals surface area contributed by atoms with Crippen molar-refractivity contribution in [1.29, 1.82) is 5.26 Å². The molecule has 10 nitrogen and oxygen atoms in total. The number of ether oxygens (including phenoxy) is 1. The minimum Gasteiger partial charge on any atom is -0.444 e. The molecule has 1 heterocycles. The lowest BCUT2D eigenvalue weighted by atomic mass is 9.86. The van der Waals surface area contributed by atoms with Crippen molar-refractivity contribution in [3.05, 3.63) is 41.6 Å². The number of nitrogens with zero attached hydrogens (tertiary/aromatic N) is 4. The molecule has 206 valence electrons. The number of rotatable bonds is 6. The summed E-state index contributed by atoms with van der Waals surface area (Å²) < 4.78 is 5.38. The smallest absolute Gasteiger partial charge is 0.410 e. The first-order valence-corrected chi connectivity index (χ1v) is 13.1. The summed E-state index contributed by atoms with van der Waals surface area (Å²) in [6, 6.07) is 8.46. The quantitative estimate of drug-likeness (QED) is 0.467. The van der Waals surface area contributed by atoms with Gasteiger partial charge in [-0.25, -0.2) is 9.78 Å². The zero-order valence-electron chi connectivity index (χ0n) is 23.5. The van der Waals surface area contributed by atoms with Crippen molar-refractivity contribution in [1.82, 2.24) is 20.2 Å². The van der Waals surface area contributed by atoms with Gasteiger partial charge in [0.25, 0.3) is 0 Å². The Balaban J connectivity index is 1.60. The van der Waals surface area contributed by atoms with Gasteiger partial charge in [-0.2, -0.15) is 10.2 Å². The Morgan fingerprint density at radius 3 is 2.56 bits per heavy atom. The number of hydrogen-bond donors (Lipinski definition) is 3. The van der Waals surface area contributed by atoms with Crippen molar-refractivity contribution in [3.63, 3.8) is 0 Å². The summed E-state index contributed by atoms with van der Waals surface area (Å²) in [4.78, 5) is 35.4. The molecule has 1 aromatic carbocycles. The molecule has 3 N–H and O–H groups in total. The standard InChI is InChI=1S/C29H37N7O3/c1-19(36(6)28(38)39-29(2,3)4)26(37)33-24-9-7-8-20(16-24)10-13-22-18-32-27(35-25(22)31-5)34-23-14-11-21(17-30)12-15-23/h11-12,14-15,18-20,24H,7-9,16H2,1-6H3,(H,33,37)(H2,31,32,34,35)/t19-,20?,24-/m0/s1. The Labute approximate surface area is 230 Å². The number of likely N-dealkylation sites (N-methyl/N-ethyl adjacent to an activating group) is 1.